The minimum atomic E-state index is -0.373. The van der Waals surface area contributed by atoms with Gasteiger partial charge in [-0.1, -0.05) is 135 Å². The van der Waals surface area contributed by atoms with Crippen LogP contribution in [0, 0.1) is 0 Å². The predicted octanol–water partition coefficient (Wildman–Crippen LogP) is 15.5. The van der Waals surface area contributed by atoms with Crippen molar-refractivity contribution in [3.8, 4) is 23.0 Å². The molecule has 9 nitrogen and oxygen atoms in total. The summed E-state index contributed by atoms with van der Waals surface area (Å²) in [4.78, 5) is 39.6. The molecule has 0 atom stereocenters. The van der Waals surface area contributed by atoms with Gasteiger partial charge in [0.1, 0.15) is 23.0 Å². The maximum absolute atomic E-state index is 13.4. The van der Waals surface area contributed by atoms with Gasteiger partial charge in [-0.2, -0.15) is 0 Å². The molecule has 0 spiro atoms. The van der Waals surface area contributed by atoms with Gasteiger partial charge >= 0.3 is 11.9 Å². The van der Waals surface area contributed by atoms with E-state index in [9.17, 15) is 14.4 Å². The highest BCUT2D eigenvalue weighted by atomic mass is 16.7. The molecular formula is C61H90O9. The van der Waals surface area contributed by atoms with Crippen LogP contribution in [0.2, 0.25) is 0 Å². The quantitative estimate of drug-likeness (QED) is 0.0469. The lowest BCUT2D eigenvalue weighted by Crippen LogP contribution is -2.25. The van der Waals surface area contributed by atoms with Gasteiger partial charge in [0.05, 0.1) is 11.2 Å². The van der Waals surface area contributed by atoms with E-state index in [1.54, 1.807) is 48.5 Å². The highest BCUT2D eigenvalue weighted by molar-refractivity contribution is 6.09. The van der Waals surface area contributed by atoms with E-state index < -0.39 is 0 Å². The lowest BCUT2D eigenvalue weighted by molar-refractivity contribution is -0.135. The van der Waals surface area contributed by atoms with Gasteiger partial charge in [-0.3, -0.25) is 14.4 Å². The van der Waals surface area contributed by atoms with Gasteiger partial charge in [0.2, 0.25) is 0 Å². The molecule has 0 heterocycles. The molecule has 9 heteroatoms. The second-order valence-corrected chi connectivity index (χ2v) is 23.4. The molecule has 0 amide bonds. The predicted molar refractivity (Wildman–Crippen MR) is 287 cm³/mol. The Balaban J connectivity index is 0.00000409. The Bertz CT molecular complexity index is 2060. The molecule has 0 bridgehead atoms. The number of aryl methyl sites for hydroxylation is 2. The van der Waals surface area contributed by atoms with Crippen LogP contribution >= 0.6 is 0 Å². The fourth-order valence-electron chi connectivity index (χ4n) is 7.11. The van der Waals surface area contributed by atoms with Crippen LogP contribution in [-0.4, -0.2) is 42.5 Å². The monoisotopic (exact) mass is 967 g/mol. The van der Waals surface area contributed by atoms with Crippen LogP contribution < -0.4 is 18.9 Å². The molecule has 4 aromatic carbocycles. The second-order valence-electron chi connectivity index (χ2n) is 23.4. The van der Waals surface area contributed by atoms with Gasteiger partial charge in [-0.25, -0.2) is 0 Å². The van der Waals surface area contributed by atoms with Crippen LogP contribution in [0.25, 0.3) is 0 Å². The molecule has 0 radical (unpaired) electrons. The largest absolute Gasteiger partial charge is 0.467 e. The summed E-state index contributed by atoms with van der Waals surface area (Å²) >= 11 is 0. The van der Waals surface area contributed by atoms with Crippen LogP contribution in [0.3, 0.4) is 0 Å². The normalized spacial score (nSPS) is 12.2. The van der Waals surface area contributed by atoms with Crippen molar-refractivity contribution < 1.29 is 42.8 Å². The standard InChI is InChI=1S/C57H78O9.2C2H6/c1-52(2,3)43-31-37(32-44(53(4,5)6)50(43)61-35-63-56(13,14)15)19-29-47(58)65-41-25-21-39(22-26-41)49(60)40-23-27-42(28-24-40)66-48(59)30-20-38-33-45(54(7,8)9)51(46(34-38)55(10,11)12)62-36-64-57(16,17)18;2*1-2/h21-28,31-34H,19-20,29-30,35-36H2,1-18H3;2*1-2H3. The summed E-state index contributed by atoms with van der Waals surface area (Å²) in [6.45, 7) is 46.1. The van der Waals surface area contributed by atoms with Crippen molar-refractivity contribution in [3.63, 3.8) is 0 Å². The number of hydrogen-bond acceptors (Lipinski definition) is 9. The Kier molecular flexibility index (Phi) is 22.2. The Morgan fingerprint density at radius 3 is 0.886 bits per heavy atom. The zero-order valence-electron chi connectivity index (χ0n) is 47.3. The Morgan fingerprint density at radius 2 is 0.657 bits per heavy atom. The maximum Gasteiger partial charge on any atom is 0.311 e. The average molecular weight is 967 g/mol. The van der Waals surface area contributed by atoms with Crippen molar-refractivity contribution in [1.29, 1.82) is 0 Å². The third kappa shape index (κ3) is 19.7. The molecule has 0 unspecified atom stereocenters. The summed E-state index contributed by atoms with van der Waals surface area (Å²) in [6, 6.07) is 21.6. The molecule has 0 N–H and O–H groups in total. The molecule has 0 aliphatic carbocycles. The lowest BCUT2D eigenvalue weighted by Gasteiger charge is -2.31. The van der Waals surface area contributed by atoms with E-state index in [-0.39, 0.29) is 77.0 Å². The van der Waals surface area contributed by atoms with Gasteiger partial charge in [0.15, 0.2) is 19.4 Å². The summed E-state index contributed by atoms with van der Waals surface area (Å²) < 4.78 is 35.9. The molecule has 0 fully saturated rings. The summed E-state index contributed by atoms with van der Waals surface area (Å²) in [7, 11) is 0. The Morgan fingerprint density at radius 1 is 0.400 bits per heavy atom. The van der Waals surface area contributed by atoms with Crippen molar-refractivity contribution >= 4 is 17.7 Å². The van der Waals surface area contributed by atoms with E-state index >= 15 is 0 Å². The van der Waals surface area contributed by atoms with Crippen molar-refractivity contribution in [3.05, 3.63) is 117 Å². The molecule has 0 aromatic heterocycles. The number of carbonyl (C=O) groups excluding carboxylic acids is 3. The van der Waals surface area contributed by atoms with Crippen molar-refractivity contribution in [1.82, 2.24) is 0 Å². The molecule has 4 rings (SSSR count). The fraction of sp³-hybridized carbons (Fsp3) is 0.557. The van der Waals surface area contributed by atoms with Gasteiger partial charge in [-0.05, 0) is 136 Å². The number of benzene rings is 4. The molecular weight excluding hydrogens is 877 g/mol. The molecule has 0 saturated heterocycles. The third-order valence-electron chi connectivity index (χ3n) is 10.9. The number of carbonyl (C=O) groups is 3. The fourth-order valence-corrected chi connectivity index (χ4v) is 7.11. The van der Waals surface area contributed by atoms with E-state index in [2.05, 4.69) is 107 Å². The molecule has 4 aromatic rings. The van der Waals surface area contributed by atoms with Gasteiger partial charge in [0, 0.05) is 46.2 Å². The molecule has 388 valence electrons. The summed E-state index contributed by atoms with van der Waals surface area (Å²) in [5.74, 6) is 1.39. The van der Waals surface area contributed by atoms with Gasteiger partial charge in [-0.15, -0.1) is 0 Å². The van der Waals surface area contributed by atoms with E-state index in [1.165, 1.54) is 0 Å². The van der Waals surface area contributed by atoms with E-state index in [0.717, 1.165) is 44.9 Å². The van der Waals surface area contributed by atoms with E-state index in [1.807, 2.05) is 69.2 Å². The maximum atomic E-state index is 13.4. The highest BCUT2D eigenvalue weighted by Gasteiger charge is 2.30. The van der Waals surface area contributed by atoms with Crippen LogP contribution in [-0.2, 0) is 53.6 Å². The van der Waals surface area contributed by atoms with Crippen LogP contribution in [0.4, 0.5) is 0 Å². The summed E-state index contributed by atoms with van der Waals surface area (Å²) in [5, 5.41) is 0. The Hall–Kier alpha value is -4.99. The number of ketones is 1. The average Bonchev–Trinajstić information content (AvgIpc) is 3.24. The lowest BCUT2D eigenvalue weighted by atomic mass is 9.78. The van der Waals surface area contributed by atoms with Gasteiger partial charge < -0.3 is 28.4 Å². The molecule has 70 heavy (non-hydrogen) atoms. The Labute approximate surface area is 423 Å². The zero-order chi connectivity index (χ0) is 53.6. The number of hydrogen-bond donors (Lipinski definition) is 0. The van der Waals surface area contributed by atoms with E-state index in [0.29, 0.717) is 35.5 Å². The van der Waals surface area contributed by atoms with Gasteiger partial charge in [0.25, 0.3) is 0 Å². The van der Waals surface area contributed by atoms with Crippen LogP contribution in [0.15, 0.2) is 72.8 Å². The number of ether oxygens (including phenoxy) is 6. The first-order valence-corrected chi connectivity index (χ1v) is 25.3. The van der Waals surface area contributed by atoms with Crippen molar-refractivity contribution in [2.24, 2.45) is 0 Å². The van der Waals surface area contributed by atoms with E-state index in [4.69, 9.17) is 28.4 Å². The first-order valence-electron chi connectivity index (χ1n) is 25.3. The molecule has 0 saturated carbocycles. The minimum Gasteiger partial charge on any atom is -0.467 e. The van der Waals surface area contributed by atoms with Crippen LogP contribution in [0.1, 0.15) is 214 Å². The molecule has 0 aliphatic rings. The van der Waals surface area contributed by atoms with Crippen molar-refractivity contribution in [2.45, 2.75) is 211 Å². The smallest absolute Gasteiger partial charge is 0.311 e. The third-order valence-corrected chi connectivity index (χ3v) is 10.9. The first kappa shape index (κ1) is 61.1. The number of esters is 2. The zero-order valence-corrected chi connectivity index (χ0v) is 47.3. The highest BCUT2D eigenvalue weighted by Crippen LogP contribution is 2.43. The summed E-state index contributed by atoms with van der Waals surface area (Å²) in [6.07, 6.45) is 1.32. The first-order chi connectivity index (χ1) is 32.2. The van der Waals surface area contributed by atoms with Crippen LogP contribution in [0.5, 0.6) is 23.0 Å². The van der Waals surface area contributed by atoms with Crippen molar-refractivity contribution in [2.75, 3.05) is 13.6 Å². The second kappa shape index (κ2) is 25.4. The minimum absolute atomic E-state index is 0.136. The molecule has 0 aliphatic heterocycles. The number of rotatable bonds is 16. The SMILES string of the molecule is CC.CC.CC(C)(C)OCOc1c(C(C)(C)C)cc(CCC(=O)Oc2ccc(C(=O)c3ccc(OC(=O)CCc4cc(C(C)(C)C)c(OCOC(C)(C)C)c(C(C)(C)C)c4)cc3)cc2)cc1C(C)(C)C. The summed E-state index contributed by atoms with van der Waals surface area (Å²) in [5.41, 5.74) is 5.58. The topological polar surface area (TPSA) is 107 Å².